The molecule has 1 aliphatic rings. The average molecular weight is 359 g/mol. The van der Waals surface area contributed by atoms with E-state index in [1.54, 1.807) is 12.4 Å². The molecule has 3 heterocycles. The molecule has 5 nitrogen and oxygen atoms in total. The summed E-state index contributed by atoms with van der Waals surface area (Å²) in [5, 5.41) is 15.6. The topological polar surface area (TPSA) is 63.8 Å². The van der Waals surface area contributed by atoms with Crippen LogP contribution in [0.1, 0.15) is 19.3 Å². The van der Waals surface area contributed by atoms with E-state index in [0.717, 1.165) is 46.0 Å². The molecule has 1 saturated carbocycles. The highest BCUT2D eigenvalue weighted by atomic mass is 79.9. The minimum atomic E-state index is -0.573. The molecular weight excluding hydrogens is 344 g/mol. The van der Waals surface area contributed by atoms with Gasteiger partial charge in [0.25, 0.3) is 0 Å². The van der Waals surface area contributed by atoms with Gasteiger partial charge in [0.2, 0.25) is 0 Å². The van der Waals surface area contributed by atoms with E-state index in [2.05, 4.69) is 31.0 Å². The molecule has 1 fully saturated rings. The van der Waals surface area contributed by atoms with Crippen molar-refractivity contribution in [3.05, 3.63) is 41.4 Å². The van der Waals surface area contributed by atoms with Gasteiger partial charge in [-0.3, -0.25) is 4.68 Å². The molecule has 0 radical (unpaired) electrons. The number of pyridine rings is 2. The van der Waals surface area contributed by atoms with E-state index in [1.807, 2.05) is 29.1 Å². The largest absolute Gasteiger partial charge is 0.388 e. The molecule has 0 spiro atoms. The molecule has 0 bridgehead atoms. The molecule has 3 aromatic rings. The Morgan fingerprint density at radius 2 is 2.14 bits per heavy atom. The van der Waals surface area contributed by atoms with E-state index in [0.29, 0.717) is 6.54 Å². The molecule has 0 aromatic carbocycles. The zero-order valence-corrected chi connectivity index (χ0v) is 13.5. The second-order valence-corrected chi connectivity index (χ2v) is 6.71. The van der Waals surface area contributed by atoms with Crippen LogP contribution < -0.4 is 0 Å². The lowest BCUT2D eigenvalue weighted by molar-refractivity contribution is -0.0498. The Morgan fingerprint density at radius 1 is 1.27 bits per heavy atom. The van der Waals surface area contributed by atoms with Gasteiger partial charge in [-0.05, 0) is 53.4 Å². The normalized spacial score (nSPS) is 16.6. The maximum Gasteiger partial charge on any atom is 0.108 e. The Balaban J connectivity index is 1.65. The highest BCUT2D eigenvalue weighted by molar-refractivity contribution is 9.10. The van der Waals surface area contributed by atoms with Crippen LogP contribution >= 0.6 is 15.9 Å². The van der Waals surface area contributed by atoms with Gasteiger partial charge in [0.1, 0.15) is 4.60 Å². The van der Waals surface area contributed by atoms with Crippen molar-refractivity contribution >= 4 is 26.8 Å². The number of rotatable bonds is 3. The maximum absolute atomic E-state index is 10.2. The highest BCUT2D eigenvalue weighted by Crippen LogP contribution is 2.33. The first kappa shape index (κ1) is 13.8. The van der Waals surface area contributed by atoms with Crippen molar-refractivity contribution in [2.24, 2.45) is 0 Å². The standard InChI is InChI=1S/C16H15BrN4O/c17-15-6-14-11(7-18-15)2-3-13(20-14)12-8-19-21(9-12)10-16(22)4-1-5-16/h2-3,6-9,22H,1,4-5,10H2. The van der Waals surface area contributed by atoms with Gasteiger partial charge >= 0.3 is 0 Å². The van der Waals surface area contributed by atoms with Crippen LogP contribution in [0.5, 0.6) is 0 Å². The second kappa shape index (κ2) is 5.14. The van der Waals surface area contributed by atoms with E-state index in [4.69, 9.17) is 0 Å². The predicted molar refractivity (Wildman–Crippen MR) is 87.3 cm³/mol. The Morgan fingerprint density at radius 3 is 2.91 bits per heavy atom. The SMILES string of the molecule is OC1(Cn2cc(-c3ccc4cnc(Br)cc4n3)cn2)CCC1. The Labute approximate surface area is 136 Å². The Kier molecular flexibility index (Phi) is 3.23. The number of hydrogen-bond acceptors (Lipinski definition) is 4. The lowest BCUT2D eigenvalue weighted by Gasteiger charge is -2.36. The van der Waals surface area contributed by atoms with E-state index in [9.17, 15) is 5.11 Å². The van der Waals surface area contributed by atoms with Crippen LogP contribution in [0.15, 0.2) is 41.4 Å². The molecule has 4 rings (SSSR count). The first-order chi connectivity index (χ1) is 10.6. The molecule has 0 aliphatic heterocycles. The molecule has 3 aromatic heterocycles. The Hall–Kier alpha value is -1.79. The lowest BCUT2D eigenvalue weighted by Crippen LogP contribution is -2.41. The number of aromatic nitrogens is 4. The number of hydrogen-bond donors (Lipinski definition) is 1. The first-order valence-corrected chi connectivity index (χ1v) is 8.08. The molecule has 22 heavy (non-hydrogen) atoms. The fourth-order valence-electron chi connectivity index (χ4n) is 2.78. The van der Waals surface area contributed by atoms with Crippen LogP contribution in [0.3, 0.4) is 0 Å². The van der Waals surface area contributed by atoms with Crippen LogP contribution in [-0.4, -0.2) is 30.5 Å². The van der Waals surface area contributed by atoms with E-state index < -0.39 is 5.60 Å². The minimum Gasteiger partial charge on any atom is -0.388 e. The molecule has 1 N–H and O–H groups in total. The zero-order valence-electron chi connectivity index (χ0n) is 11.9. The van der Waals surface area contributed by atoms with Crippen LogP contribution in [0.25, 0.3) is 22.2 Å². The van der Waals surface area contributed by atoms with Crippen LogP contribution in [0.2, 0.25) is 0 Å². The molecule has 0 saturated heterocycles. The van der Waals surface area contributed by atoms with E-state index >= 15 is 0 Å². The lowest BCUT2D eigenvalue weighted by atomic mass is 9.80. The summed E-state index contributed by atoms with van der Waals surface area (Å²) in [4.78, 5) is 8.87. The molecule has 0 amide bonds. The zero-order chi connectivity index (χ0) is 15.2. The monoisotopic (exact) mass is 358 g/mol. The summed E-state index contributed by atoms with van der Waals surface area (Å²) >= 11 is 3.37. The molecule has 6 heteroatoms. The smallest absolute Gasteiger partial charge is 0.108 e. The quantitative estimate of drug-likeness (QED) is 0.730. The maximum atomic E-state index is 10.2. The third kappa shape index (κ3) is 2.53. The van der Waals surface area contributed by atoms with Gasteiger partial charge in [0.15, 0.2) is 0 Å². The van der Waals surface area contributed by atoms with Gasteiger partial charge in [-0.25, -0.2) is 9.97 Å². The molecule has 0 atom stereocenters. The van der Waals surface area contributed by atoms with Crippen LogP contribution in [-0.2, 0) is 6.54 Å². The average Bonchev–Trinajstić information content (AvgIpc) is 2.93. The summed E-state index contributed by atoms with van der Waals surface area (Å²) in [6.07, 6.45) is 8.35. The predicted octanol–water partition coefficient (Wildman–Crippen LogP) is 3.17. The number of fused-ring (bicyclic) bond motifs is 1. The second-order valence-electron chi connectivity index (χ2n) is 5.90. The summed E-state index contributed by atoms with van der Waals surface area (Å²) in [6, 6.07) is 5.88. The third-order valence-electron chi connectivity index (χ3n) is 4.21. The third-order valence-corrected chi connectivity index (χ3v) is 4.64. The van der Waals surface area contributed by atoms with Gasteiger partial charge in [-0.15, -0.1) is 0 Å². The van der Waals surface area contributed by atoms with Gasteiger partial charge in [0, 0.05) is 23.3 Å². The summed E-state index contributed by atoms with van der Waals surface area (Å²) < 4.78 is 2.58. The summed E-state index contributed by atoms with van der Waals surface area (Å²) in [5.74, 6) is 0. The number of aliphatic hydroxyl groups is 1. The summed E-state index contributed by atoms with van der Waals surface area (Å²) in [5.41, 5.74) is 2.15. The molecule has 0 unspecified atom stereocenters. The fourth-order valence-corrected chi connectivity index (χ4v) is 3.10. The number of halogens is 1. The molecule has 112 valence electrons. The van der Waals surface area contributed by atoms with Crippen LogP contribution in [0, 0.1) is 0 Å². The molecular formula is C16H15BrN4O. The fraction of sp³-hybridized carbons (Fsp3) is 0.312. The van der Waals surface area contributed by atoms with Crippen molar-refractivity contribution < 1.29 is 5.11 Å². The van der Waals surface area contributed by atoms with Crippen molar-refractivity contribution in [3.8, 4) is 11.3 Å². The number of nitrogens with zero attached hydrogens (tertiary/aromatic N) is 4. The van der Waals surface area contributed by atoms with Gasteiger partial charge < -0.3 is 5.11 Å². The van der Waals surface area contributed by atoms with Crippen molar-refractivity contribution in [2.45, 2.75) is 31.4 Å². The van der Waals surface area contributed by atoms with Crippen molar-refractivity contribution in [1.82, 2.24) is 19.7 Å². The van der Waals surface area contributed by atoms with Crippen LogP contribution in [0.4, 0.5) is 0 Å². The Bertz CT molecular complexity index is 841. The van der Waals surface area contributed by atoms with Crippen molar-refractivity contribution in [2.75, 3.05) is 0 Å². The van der Waals surface area contributed by atoms with Gasteiger partial charge in [0.05, 0.1) is 29.6 Å². The minimum absolute atomic E-state index is 0.552. The highest BCUT2D eigenvalue weighted by Gasteiger charge is 2.34. The van der Waals surface area contributed by atoms with E-state index in [-0.39, 0.29) is 0 Å². The molecule has 1 aliphatic carbocycles. The summed E-state index contributed by atoms with van der Waals surface area (Å²) in [7, 11) is 0. The van der Waals surface area contributed by atoms with Crippen molar-refractivity contribution in [1.29, 1.82) is 0 Å². The van der Waals surface area contributed by atoms with Gasteiger partial charge in [-0.1, -0.05) is 0 Å². The van der Waals surface area contributed by atoms with Crippen molar-refractivity contribution in [3.63, 3.8) is 0 Å². The van der Waals surface area contributed by atoms with Gasteiger partial charge in [-0.2, -0.15) is 5.10 Å². The first-order valence-electron chi connectivity index (χ1n) is 7.29. The summed E-state index contributed by atoms with van der Waals surface area (Å²) in [6.45, 7) is 0.552. The van der Waals surface area contributed by atoms with E-state index in [1.165, 1.54) is 0 Å².